The Morgan fingerprint density at radius 3 is 2.22 bits per heavy atom. The summed E-state index contributed by atoms with van der Waals surface area (Å²) in [7, 11) is 0. The van der Waals surface area contributed by atoms with Gasteiger partial charge in [0.2, 0.25) is 0 Å². The molecule has 3 rings (SSSR count). The molecule has 0 bridgehead atoms. The highest BCUT2D eigenvalue weighted by atomic mass is 79.9. The first kappa shape index (κ1) is 19.2. The van der Waals surface area contributed by atoms with Crippen LogP contribution < -0.4 is 4.90 Å². The van der Waals surface area contributed by atoms with E-state index in [-0.39, 0.29) is 34.5 Å². The molecular formula is C17H13BrF3N3O3. The Morgan fingerprint density at radius 2 is 1.63 bits per heavy atom. The molecule has 0 N–H and O–H groups in total. The molecule has 6 nitrogen and oxygen atoms in total. The Kier molecular flexibility index (Phi) is 5.36. The van der Waals surface area contributed by atoms with Crippen LogP contribution in [0, 0.1) is 27.6 Å². The number of hydrogen-bond acceptors (Lipinski definition) is 4. The highest BCUT2D eigenvalue weighted by Gasteiger charge is 2.26. The van der Waals surface area contributed by atoms with Gasteiger partial charge in [0.25, 0.3) is 11.6 Å². The molecule has 142 valence electrons. The average Bonchev–Trinajstić information content (AvgIpc) is 2.64. The average molecular weight is 444 g/mol. The number of carbonyl (C=O) groups is 1. The number of benzene rings is 2. The first-order valence-corrected chi connectivity index (χ1v) is 8.70. The zero-order valence-corrected chi connectivity index (χ0v) is 15.4. The van der Waals surface area contributed by atoms with Crippen LogP contribution in [0.5, 0.6) is 0 Å². The zero-order chi connectivity index (χ0) is 19.7. The van der Waals surface area contributed by atoms with Gasteiger partial charge in [-0.3, -0.25) is 14.9 Å². The standard InChI is InChI=1S/C17H13BrF3N3O3/c18-12-9-14(20)13(19)8-11(12)17(25)23-5-3-22(4-6-23)16-2-1-10(24(26)27)7-15(16)21/h1-2,7-9H,3-6H2. The first-order chi connectivity index (χ1) is 12.8. The molecule has 1 amide bonds. The molecule has 1 aliphatic rings. The molecule has 0 unspecified atom stereocenters. The molecule has 0 aliphatic carbocycles. The molecule has 1 heterocycles. The third-order valence-electron chi connectivity index (χ3n) is 4.29. The van der Waals surface area contributed by atoms with Crippen molar-refractivity contribution < 1.29 is 22.9 Å². The summed E-state index contributed by atoms with van der Waals surface area (Å²) in [5.41, 5.74) is -0.126. The summed E-state index contributed by atoms with van der Waals surface area (Å²) >= 11 is 3.06. The van der Waals surface area contributed by atoms with E-state index in [0.29, 0.717) is 13.1 Å². The molecule has 27 heavy (non-hydrogen) atoms. The van der Waals surface area contributed by atoms with Crippen molar-refractivity contribution in [3.05, 3.63) is 67.9 Å². The molecule has 0 spiro atoms. The van der Waals surface area contributed by atoms with E-state index in [1.54, 1.807) is 4.90 Å². The summed E-state index contributed by atoms with van der Waals surface area (Å²) in [6, 6.07) is 5.13. The number of nitrogens with zero attached hydrogens (tertiary/aromatic N) is 3. The van der Waals surface area contributed by atoms with Crippen LogP contribution in [0.1, 0.15) is 10.4 Å². The molecule has 1 aliphatic heterocycles. The van der Waals surface area contributed by atoms with Crippen molar-refractivity contribution in [2.24, 2.45) is 0 Å². The van der Waals surface area contributed by atoms with E-state index in [4.69, 9.17) is 0 Å². The second-order valence-corrected chi connectivity index (χ2v) is 6.77. The maximum Gasteiger partial charge on any atom is 0.272 e. The SMILES string of the molecule is O=C(c1cc(F)c(F)cc1Br)N1CCN(c2ccc([N+](=O)[O-])cc2F)CC1. The number of hydrogen-bond donors (Lipinski definition) is 0. The normalized spacial score (nSPS) is 14.4. The van der Waals surface area contributed by atoms with Gasteiger partial charge in [-0.15, -0.1) is 0 Å². The lowest BCUT2D eigenvalue weighted by atomic mass is 10.1. The van der Waals surface area contributed by atoms with E-state index < -0.39 is 28.3 Å². The third-order valence-corrected chi connectivity index (χ3v) is 4.95. The molecule has 2 aromatic carbocycles. The van der Waals surface area contributed by atoms with Crippen LogP contribution >= 0.6 is 15.9 Å². The minimum atomic E-state index is -1.12. The Hall–Kier alpha value is -2.62. The smallest absolute Gasteiger partial charge is 0.272 e. The summed E-state index contributed by atoms with van der Waals surface area (Å²) in [6.07, 6.45) is 0. The third kappa shape index (κ3) is 3.90. The Bertz CT molecular complexity index is 918. The van der Waals surface area contributed by atoms with Crippen molar-refractivity contribution in [3.8, 4) is 0 Å². The van der Waals surface area contributed by atoms with Gasteiger partial charge in [-0.2, -0.15) is 0 Å². The highest BCUT2D eigenvalue weighted by molar-refractivity contribution is 9.10. The van der Waals surface area contributed by atoms with Gasteiger partial charge >= 0.3 is 0 Å². The topological polar surface area (TPSA) is 66.7 Å². The fraction of sp³-hybridized carbons (Fsp3) is 0.235. The zero-order valence-electron chi connectivity index (χ0n) is 13.8. The lowest BCUT2D eigenvalue weighted by molar-refractivity contribution is -0.385. The number of amides is 1. The molecule has 0 atom stereocenters. The fourth-order valence-electron chi connectivity index (χ4n) is 2.87. The molecule has 10 heteroatoms. The summed E-state index contributed by atoms with van der Waals surface area (Å²) in [5, 5.41) is 10.7. The van der Waals surface area contributed by atoms with Crippen LogP contribution in [0.4, 0.5) is 24.5 Å². The second kappa shape index (κ2) is 7.55. The van der Waals surface area contributed by atoms with Gasteiger partial charge in [0.1, 0.15) is 0 Å². The maximum atomic E-state index is 14.1. The monoisotopic (exact) mass is 443 g/mol. The van der Waals surface area contributed by atoms with Gasteiger partial charge in [0, 0.05) is 36.7 Å². The molecule has 2 aromatic rings. The highest BCUT2D eigenvalue weighted by Crippen LogP contribution is 2.26. The molecule has 0 saturated carbocycles. The quantitative estimate of drug-likeness (QED) is 0.411. The van der Waals surface area contributed by atoms with E-state index >= 15 is 0 Å². The van der Waals surface area contributed by atoms with Crippen LogP contribution in [0.15, 0.2) is 34.8 Å². The van der Waals surface area contributed by atoms with E-state index in [1.165, 1.54) is 17.0 Å². The predicted octanol–water partition coefficient (Wildman–Crippen LogP) is 3.74. The van der Waals surface area contributed by atoms with Crippen molar-refractivity contribution in [1.82, 2.24) is 4.90 Å². The molecular weight excluding hydrogens is 431 g/mol. The van der Waals surface area contributed by atoms with Gasteiger partial charge in [-0.25, -0.2) is 13.2 Å². The number of piperazine rings is 1. The Morgan fingerprint density at radius 1 is 1.00 bits per heavy atom. The minimum absolute atomic E-state index is 0.00358. The Labute approximate surface area is 160 Å². The molecule has 1 saturated heterocycles. The predicted molar refractivity (Wildman–Crippen MR) is 95.2 cm³/mol. The largest absolute Gasteiger partial charge is 0.366 e. The van der Waals surface area contributed by atoms with Crippen molar-refractivity contribution in [2.45, 2.75) is 0 Å². The van der Waals surface area contributed by atoms with Crippen molar-refractivity contribution in [3.63, 3.8) is 0 Å². The molecule has 1 fully saturated rings. The number of non-ortho nitro benzene ring substituents is 1. The van der Waals surface area contributed by atoms with Crippen LogP contribution in [-0.4, -0.2) is 41.9 Å². The summed E-state index contributed by atoms with van der Waals surface area (Å²) < 4.78 is 40.9. The number of nitro groups is 1. The van der Waals surface area contributed by atoms with Crippen LogP contribution in [0.25, 0.3) is 0 Å². The maximum absolute atomic E-state index is 14.1. The number of rotatable bonds is 3. The molecule has 0 radical (unpaired) electrons. The summed E-state index contributed by atoms with van der Waals surface area (Å²) in [5.74, 6) is -3.36. The number of nitro benzene ring substituents is 1. The van der Waals surface area contributed by atoms with Crippen LogP contribution in [-0.2, 0) is 0 Å². The Balaban J connectivity index is 1.71. The van der Waals surface area contributed by atoms with Gasteiger partial charge in [0.15, 0.2) is 17.5 Å². The molecule has 0 aromatic heterocycles. The lowest BCUT2D eigenvalue weighted by Gasteiger charge is -2.36. The first-order valence-electron chi connectivity index (χ1n) is 7.90. The second-order valence-electron chi connectivity index (χ2n) is 5.92. The number of halogens is 4. The van der Waals surface area contributed by atoms with E-state index in [9.17, 15) is 28.1 Å². The minimum Gasteiger partial charge on any atom is -0.366 e. The van der Waals surface area contributed by atoms with Crippen LogP contribution in [0.2, 0.25) is 0 Å². The van der Waals surface area contributed by atoms with Gasteiger partial charge < -0.3 is 9.80 Å². The van der Waals surface area contributed by atoms with E-state index in [0.717, 1.165) is 18.2 Å². The van der Waals surface area contributed by atoms with Gasteiger partial charge in [-0.1, -0.05) is 0 Å². The van der Waals surface area contributed by atoms with Crippen LogP contribution in [0.3, 0.4) is 0 Å². The van der Waals surface area contributed by atoms with Crippen molar-refractivity contribution >= 4 is 33.2 Å². The fourth-order valence-corrected chi connectivity index (χ4v) is 3.36. The number of carbonyl (C=O) groups excluding carboxylic acids is 1. The lowest BCUT2D eigenvalue weighted by Crippen LogP contribution is -2.49. The van der Waals surface area contributed by atoms with Crippen molar-refractivity contribution in [1.29, 1.82) is 0 Å². The summed E-state index contributed by atoms with van der Waals surface area (Å²) in [6.45, 7) is 1.06. The van der Waals surface area contributed by atoms with Crippen molar-refractivity contribution in [2.75, 3.05) is 31.1 Å². The summed E-state index contributed by atoms with van der Waals surface area (Å²) in [4.78, 5) is 25.7. The van der Waals surface area contributed by atoms with Gasteiger partial charge in [0.05, 0.1) is 22.2 Å². The number of anilines is 1. The van der Waals surface area contributed by atoms with E-state index in [2.05, 4.69) is 15.9 Å². The van der Waals surface area contributed by atoms with Gasteiger partial charge in [-0.05, 0) is 34.1 Å². The van der Waals surface area contributed by atoms with E-state index in [1.807, 2.05) is 0 Å².